The van der Waals surface area contributed by atoms with E-state index in [2.05, 4.69) is 15.3 Å². The highest BCUT2D eigenvalue weighted by Gasteiger charge is 2.20. The molecule has 0 saturated heterocycles. The van der Waals surface area contributed by atoms with Crippen molar-refractivity contribution in [2.75, 3.05) is 11.1 Å². The van der Waals surface area contributed by atoms with E-state index in [-0.39, 0.29) is 11.2 Å². The molecule has 0 amide bonds. The van der Waals surface area contributed by atoms with Gasteiger partial charge in [-0.25, -0.2) is 14.4 Å². The van der Waals surface area contributed by atoms with Crippen LogP contribution >= 0.6 is 0 Å². The Kier molecular flexibility index (Phi) is 3.61. The number of benzene rings is 1. The summed E-state index contributed by atoms with van der Waals surface area (Å²) in [4.78, 5) is 8.77. The van der Waals surface area contributed by atoms with Gasteiger partial charge in [-0.1, -0.05) is 32.9 Å². The van der Waals surface area contributed by atoms with Crippen molar-refractivity contribution in [2.45, 2.75) is 33.1 Å². The number of nitrogens with zero attached hydrogens (tertiary/aromatic N) is 2. The zero-order chi connectivity index (χ0) is 14.9. The molecule has 106 valence electrons. The van der Waals surface area contributed by atoms with Crippen LogP contribution in [0.4, 0.5) is 21.7 Å². The minimum Gasteiger partial charge on any atom is -0.383 e. The van der Waals surface area contributed by atoms with Crippen LogP contribution in [-0.4, -0.2) is 9.97 Å². The smallest absolute Gasteiger partial charge is 0.146 e. The van der Waals surface area contributed by atoms with E-state index in [0.29, 0.717) is 28.7 Å². The molecule has 0 unspecified atom stereocenters. The number of anilines is 3. The predicted octanol–water partition coefficient (Wildman–Crippen LogP) is 3.55. The van der Waals surface area contributed by atoms with Crippen molar-refractivity contribution in [2.24, 2.45) is 0 Å². The summed E-state index contributed by atoms with van der Waals surface area (Å²) in [6, 6.07) is 6.45. The molecular formula is C15H19FN4. The van der Waals surface area contributed by atoms with Gasteiger partial charge in [0.1, 0.15) is 23.3 Å². The number of para-hydroxylation sites is 1. The summed E-state index contributed by atoms with van der Waals surface area (Å²) in [5.74, 6) is 1.23. The average molecular weight is 274 g/mol. The molecule has 2 rings (SSSR count). The van der Waals surface area contributed by atoms with Gasteiger partial charge in [-0.05, 0) is 19.1 Å². The van der Waals surface area contributed by atoms with Gasteiger partial charge in [-0.2, -0.15) is 0 Å². The van der Waals surface area contributed by atoms with Crippen LogP contribution in [0.1, 0.15) is 32.2 Å². The molecule has 2 aromatic rings. The van der Waals surface area contributed by atoms with E-state index in [1.807, 2.05) is 27.7 Å². The number of aromatic nitrogens is 2. The molecule has 0 atom stereocenters. The second-order valence-electron chi connectivity index (χ2n) is 5.76. The minimum atomic E-state index is -0.332. The molecule has 0 bridgehead atoms. The van der Waals surface area contributed by atoms with Gasteiger partial charge in [0.25, 0.3) is 0 Å². The first-order chi connectivity index (χ1) is 9.29. The number of nitrogen functional groups attached to an aromatic ring is 1. The summed E-state index contributed by atoms with van der Waals surface area (Å²) in [5.41, 5.74) is 6.77. The quantitative estimate of drug-likeness (QED) is 0.879. The lowest BCUT2D eigenvalue weighted by Gasteiger charge is -2.20. The van der Waals surface area contributed by atoms with Crippen molar-refractivity contribution < 1.29 is 4.39 Å². The fraction of sp³-hybridized carbons (Fsp3) is 0.333. The lowest BCUT2D eigenvalue weighted by atomic mass is 9.95. The van der Waals surface area contributed by atoms with Crippen molar-refractivity contribution in [3.63, 3.8) is 0 Å². The number of hydrogen-bond acceptors (Lipinski definition) is 4. The monoisotopic (exact) mass is 274 g/mol. The molecule has 0 saturated carbocycles. The van der Waals surface area contributed by atoms with Crippen LogP contribution in [-0.2, 0) is 5.41 Å². The third kappa shape index (κ3) is 2.87. The van der Waals surface area contributed by atoms with Crippen molar-refractivity contribution in [1.29, 1.82) is 0 Å². The summed E-state index contributed by atoms with van der Waals surface area (Å²) < 4.78 is 13.7. The minimum absolute atomic E-state index is 0.229. The first kappa shape index (κ1) is 14.2. The van der Waals surface area contributed by atoms with Gasteiger partial charge in [-0.3, -0.25) is 0 Å². The number of nitrogens with one attached hydrogen (secondary N) is 1. The van der Waals surface area contributed by atoms with Gasteiger partial charge in [-0.15, -0.1) is 0 Å². The Labute approximate surface area is 118 Å². The Morgan fingerprint density at radius 1 is 1.15 bits per heavy atom. The van der Waals surface area contributed by atoms with E-state index in [1.54, 1.807) is 18.2 Å². The molecule has 0 spiro atoms. The van der Waals surface area contributed by atoms with Crippen LogP contribution < -0.4 is 11.1 Å². The lowest BCUT2D eigenvalue weighted by Crippen LogP contribution is -2.19. The SMILES string of the molecule is Cc1c(N)nc(C(C)(C)C)nc1Nc1ccccc1F. The van der Waals surface area contributed by atoms with E-state index in [4.69, 9.17) is 5.73 Å². The molecule has 0 aliphatic rings. The predicted molar refractivity (Wildman–Crippen MR) is 79.6 cm³/mol. The standard InChI is InChI=1S/C15H19FN4/c1-9-12(17)19-14(15(2,3)4)20-13(9)18-11-8-6-5-7-10(11)16/h5-8H,1-4H3,(H3,17,18,19,20). The van der Waals surface area contributed by atoms with Crippen LogP contribution in [0.5, 0.6) is 0 Å². The number of rotatable bonds is 2. The summed E-state index contributed by atoms with van der Waals surface area (Å²) in [5, 5.41) is 2.99. The molecule has 1 aromatic carbocycles. The summed E-state index contributed by atoms with van der Waals surface area (Å²) in [6.07, 6.45) is 0. The molecule has 0 fully saturated rings. The van der Waals surface area contributed by atoms with Crippen molar-refractivity contribution in [1.82, 2.24) is 9.97 Å². The van der Waals surface area contributed by atoms with E-state index < -0.39 is 0 Å². The molecule has 20 heavy (non-hydrogen) atoms. The van der Waals surface area contributed by atoms with Crippen LogP contribution in [0.3, 0.4) is 0 Å². The molecular weight excluding hydrogens is 255 g/mol. The molecule has 4 nitrogen and oxygen atoms in total. The van der Waals surface area contributed by atoms with Gasteiger partial charge in [0.05, 0.1) is 5.69 Å². The Morgan fingerprint density at radius 2 is 1.80 bits per heavy atom. The summed E-state index contributed by atoms with van der Waals surface area (Å²) in [6.45, 7) is 7.82. The van der Waals surface area contributed by atoms with E-state index >= 15 is 0 Å². The number of halogens is 1. The first-order valence-corrected chi connectivity index (χ1v) is 6.45. The van der Waals surface area contributed by atoms with Gasteiger partial charge in [0, 0.05) is 11.0 Å². The van der Waals surface area contributed by atoms with E-state index in [1.165, 1.54) is 6.07 Å². The van der Waals surface area contributed by atoms with Gasteiger partial charge in [0.2, 0.25) is 0 Å². The summed E-state index contributed by atoms with van der Waals surface area (Å²) in [7, 11) is 0. The average Bonchev–Trinajstić information content (AvgIpc) is 2.36. The highest BCUT2D eigenvalue weighted by atomic mass is 19.1. The second kappa shape index (κ2) is 5.07. The highest BCUT2D eigenvalue weighted by Crippen LogP contribution is 2.27. The van der Waals surface area contributed by atoms with Crippen LogP contribution in [0, 0.1) is 12.7 Å². The van der Waals surface area contributed by atoms with Crippen molar-refractivity contribution in [3.05, 3.63) is 41.5 Å². The maximum absolute atomic E-state index is 13.7. The highest BCUT2D eigenvalue weighted by molar-refractivity contribution is 5.64. The second-order valence-corrected chi connectivity index (χ2v) is 5.76. The van der Waals surface area contributed by atoms with E-state index in [0.717, 1.165) is 0 Å². The fourth-order valence-electron chi connectivity index (χ4n) is 1.68. The molecule has 0 aliphatic carbocycles. The van der Waals surface area contributed by atoms with Crippen molar-refractivity contribution >= 4 is 17.3 Å². The molecule has 1 heterocycles. The molecule has 5 heteroatoms. The molecule has 1 aromatic heterocycles. The Bertz CT molecular complexity index is 632. The molecule has 0 aliphatic heterocycles. The van der Waals surface area contributed by atoms with Crippen LogP contribution in [0.2, 0.25) is 0 Å². The third-order valence-corrected chi connectivity index (χ3v) is 2.98. The fourth-order valence-corrected chi connectivity index (χ4v) is 1.68. The maximum Gasteiger partial charge on any atom is 0.146 e. The number of nitrogens with two attached hydrogens (primary N) is 1. The number of hydrogen-bond donors (Lipinski definition) is 2. The molecule has 3 N–H and O–H groups in total. The zero-order valence-electron chi connectivity index (χ0n) is 12.2. The van der Waals surface area contributed by atoms with Crippen LogP contribution in [0.15, 0.2) is 24.3 Å². The Morgan fingerprint density at radius 3 is 2.40 bits per heavy atom. The Hall–Kier alpha value is -2.17. The van der Waals surface area contributed by atoms with Crippen LogP contribution in [0.25, 0.3) is 0 Å². The topological polar surface area (TPSA) is 63.8 Å². The first-order valence-electron chi connectivity index (χ1n) is 6.45. The van der Waals surface area contributed by atoms with Gasteiger partial charge >= 0.3 is 0 Å². The van der Waals surface area contributed by atoms with Gasteiger partial charge in [0.15, 0.2) is 0 Å². The van der Waals surface area contributed by atoms with Gasteiger partial charge < -0.3 is 11.1 Å². The largest absolute Gasteiger partial charge is 0.383 e. The normalized spacial score (nSPS) is 11.4. The summed E-state index contributed by atoms with van der Waals surface area (Å²) >= 11 is 0. The van der Waals surface area contributed by atoms with E-state index in [9.17, 15) is 4.39 Å². The lowest BCUT2D eigenvalue weighted by molar-refractivity contribution is 0.546. The third-order valence-electron chi connectivity index (χ3n) is 2.98. The maximum atomic E-state index is 13.7. The zero-order valence-corrected chi connectivity index (χ0v) is 12.2. The molecule has 0 radical (unpaired) electrons. The Balaban J connectivity index is 2.46. The van der Waals surface area contributed by atoms with Crippen molar-refractivity contribution in [3.8, 4) is 0 Å².